The van der Waals surface area contributed by atoms with Gasteiger partial charge in [-0.15, -0.1) is 0 Å². The van der Waals surface area contributed by atoms with Gasteiger partial charge in [-0.1, -0.05) is 5.16 Å². The van der Waals surface area contributed by atoms with Gasteiger partial charge < -0.3 is 14.4 Å². The quantitative estimate of drug-likeness (QED) is 0.881. The number of rotatable bonds is 2. The first-order valence-corrected chi connectivity index (χ1v) is 5.95. The first-order valence-electron chi connectivity index (χ1n) is 5.95. The van der Waals surface area contributed by atoms with Crippen LogP contribution in [-0.4, -0.2) is 21.9 Å². The number of hydrogen-bond acceptors (Lipinski definition) is 5. The Labute approximate surface area is 104 Å². The van der Waals surface area contributed by atoms with Crippen LogP contribution in [0.4, 0.5) is 0 Å². The number of ether oxygens (including phenoxy) is 1. The van der Waals surface area contributed by atoms with E-state index in [1.54, 1.807) is 24.3 Å². The predicted molar refractivity (Wildman–Crippen MR) is 63.9 cm³/mol. The smallest absolute Gasteiger partial charge is 0.258 e. The maximum Gasteiger partial charge on any atom is 0.258 e. The lowest BCUT2D eigenvalue weighted by molar-refractivity contribution is -0.00937. The van der Waals surface area contributed by atoms with Crippen molar-refractivity contribution in [2.24, 2.45) is 0 Å². The SMILES string of the molecule is CC1(c2nc(-c3ccc(O)cc3)no2)CCCO1. The van der Waals surface area contributed by atoms with Crippen molar-refractivity contribution in [3.63, 3.8) is 0 Å². The Hall–Kier alpha value is -1.88. The molecule has 5 heteroatoms. The minimum absolute atomic E-state index is 0.216. The Balaban J connectivity index is 1.91. The summed E-state index contributed by atoms with van der Waals surface area (Å²) in [5, 5.41) is 13.2. The molecule has 0 saturated carbocycles. The zero-order valence-corrected chi connectivity index (χ0v) is 10.1. The fraction of sp³-hybridized carbons (Fsp3) is 0.385. The van der Waals surface area contributed by atoms with Crippen LogP contribution in [0.2, 0.25) is 0 Å². The van der Waals surface area contributed by atoms with Crippen LogP contribution in [0.25, 0.3) is 11.4 Å². The standard InChI is InChI=1S/C13H14N2O3/c1-13(7-2-8-17-13)12-14-11(15-18-12)9-3-5-10(16)6-4-9/h3-6,16H,2,7-8H2,1H3. The van der Waals surface area contributed by atoms with Gasteiger partial charge in [-0.2, -0.15) is 4.98 Å². The second kappa shape index (κ2) is 4.10. The molecule has 1 aliphatic rings. The molecule has 0 spiro atoms. The van der Waals surface area contributed by atoms with E-state index in [1.165, 1.54) is 0 Å². The average molecular weight is 246 g/mol. The lowest BCUT2D eigenvalue weighted by atomic mass is 10.0. The molecule has 94 valence electrons. The number of aromatic hydroxyl groups is 1. The van der Waals surface area contributed by atoms with Gasteiger partial charge in [0.2, 0.25) is 5.82 Å². The molecule has 1 atom stereocenters. The highest BCUT2D eigenvalue weighted by Gasteiger charge is 2.37. The third-order valence-corrected chi connectivity index (χ3v) is 3.22. The van der Waals surface area contributed by atoms with Crippen LogP contribution in [0.1, 0.15) is 25.7 Å². The highest BCUT2D eigenvalue weighted by molar-refractivity contribution is 5.55. The van der Waals surface area contributed by atoms with Gasteiger partial charge in [0.15, 0.2) is 0 Å². The maximum atomic E-state index is 9.24. The first-order chi connectivity index (χ1) is 8.67. The van der Waals surface area contributed by atoms with Crippen molar-refractivity contribution in [2.75, 3.05) is 6.61 Å². The van der Waals surface area contributed by atoms with Gasteiger partial charge in [-0.3, -0.25) is 0 Å². The Bertz CT molecular complexity index is 542. The molecular weight excluding hydrogens is 232 g/mol. The van der Waals surface area contributed by atoms with Gasteiger partial charge in [-0.05, 0) is 44.0 Å². The van der Waals surface area contributed by atoms with Crippen LogP contribution < -0.4 is 0 Å². The Morgan fingerprint density at radius 2 is 2.06 bits per heavy atom. The van der Waals surface area contributed by atoms with E-state index in [0.717, 1.165) is 25.0 Å². The molecule has 1 saturated heterocycles. The van der Waals surface area contributed by atoms with Crippen molar-refractivity contribution in [2.45, 2.75) is 25.4 Å². The van der Waals surface area contributed by atoms with E-state index < -0.39 is 5.60 Å². The summed E-state index contributed by atoms with van der Waals surface area (Å²) < 4.78 is 10.9. The summed E-state index contributed by atoms with van der Waals surface area (Å²) in [5.74, 6) is 1.25. The van der Waals surface area contributed by atoms with Gasteiger partial charge >= 0.3 is 0 Å². The van der Waals surface area contributed by atoms with Crippen LogP contribution in [0.15, 0.2) is 28.8 Å². The van der Waals surface area contributed by atoms with Crippen LogP contribution in [0.3, 0.4) is 0 Å². The van der Waals surface area contributed by atoms with E-state index in [4.69, 9.17) is 9.26 Å². The van der Waals surface area contributed by atoms with Crippen molar-refractivity contribution >= 4 is 0 Å². The van der Waals surface area contributed by atoms with E-state index in [-0.39, 0.29) is 5.75 Å². The van der Waals surface area contributed by atoms with E-state index in [1.807, 2.05) is 6.92 Å². The van der Waals surface area contributed by atoms with Gasteiger partial charge in [0.25, 0.3) is 5.89 Å². The molecule has 1 aromatic heterocycles. The zero-order chi connectivity index (χ0) is 12.6. The second-order valence-electron chi connectivity index (χ2n) is 4.65. The number of benzene rings is 1. The van der Waals surface area contributed by atoms with Crippen LogP contribution >= 0.6 is 0 Å². The van der Waals surface area contributed by atoms with Crippen molar-refractivity contribution < 1.29 is 14.4 Å². The predicted octanol–water partition coefficient (Wildman–Crippen LogP) is 2.47. The highest BCUT2D eigenvalue weighted by atomic mass is 16.5. The molecule has 1 fully saturated rings. The minimum atomic E-state index is -0.456. The fourth-order valence-electron chi connectivity index (χ4n) is 2.11. The van der Waals surface area contributed by atoms with E-state index in [0.29, 0.717) is 11.7 Å². The number of aromatic nitrogens is 2. The van der Waals surface area contributed by atoms with Crippen LogP contribution in [0.5, 0.6) is 5.75 Å². The van der Waals surface area contributed by atoms with Crippen molar-refractivity contribution in [1.29, 1.82) is 0 Å². The average Bonchev–Trinajstić information content (AvgIpc) is 2.99. The summed E-state index contributed by atoms with van der Waals surface area (Å²) in [7, 11) is 0. The van der Waals surface area contributed by atoms with E-state index in [9.17, 15) is 5.11 Å². The van der Waals surface area contributed by atoms with Crippen molar-refractivity contribution in [3.8, 4) is 17.1 Å². The van der Waals surface area contributed by atoms with Crippen molar-refractivity contribution in [1.82, 2.24) is 10.1 Å². The third-order valence-electron chi connectivity index (χ3n) is 3.22. The molecule has 0 aliphatic carbocycles. The van der Waals surface area contributed by atoms with E-state index >= 15 is 0 Å². The molecule has 0 amide bonds. The Morgan fingerprint density at radius 3 is 2.72 bits per heavy atom. The number of phenols is 1. The summed E-state index contributed by atoms with van der Waals surface area (Å²) in [6.45, 7) is 2.70. The van der Waals surface area contributed by atoms with Gasteiger partial charge in [-0.25, -0.2) is 0 Å². The molecule has 18 heavy (non-hydrogen) atoms. The minimum Gasteiger partial charge on any atom is -0.508 e. The molecule has 1 aromatic carbocycles. The summed E-state index contributed by atoms with van der Waals surface area (Å²) in [4.78, 5) is 4.38. The molecule has 1 aliphatic heterocycles. The maximum absolute atomic E-state index is 9.24. The summed E-state index contributed by atoms with van der Waals surface area (Å²) in [5.41, 5.74) is 0.353. The normalized spacial score (nSPS) is 23.4. The molecular formula is C13H14N2O3. The second-order valence-corrected chi connectivity index (χ2v) is 4.65. The van der Waals surface area contributed by atoms with Crippen molar-refractivity contribution in [3.05, 3.63) is 30.2 Å². The Morgan fingerprint density at radius 1 is 1.28 bits per heavy atom. The highest BCUT2D eigenvalue weighted by Crippen LogP contribution is 2.35. The number of phenolic OH excluding ortho intramolecular Hbond substituents is 1. The fourth-order valence-corrected chi connectivity index (χ4v) is 2.11. The molecule has 2 heterocycles. The number of nitrogens with zero attached hydrogens (tertiary/aromatic N) is 2. The lowest BCUT2D eigenvalue weighted by Crippen LogP contribution is -2.20. The van der Waals surface area contributed by atoms with Crippen LogP contribution in [-0.2, 0) is 10.3 Å². The third kappa shape index (κ3) is 1.86. The van der Waals surface area contributed by atoms with Gasteiger partial charge in [0.1, 0.15) is 11.4 Å². The molecule has 0 bridgehead atoms. The number of hydrogen-bond donors (Lipinski definition) is 1. The molecule has 1 unspecified atom stereocenters. The van der Waals surface area contributed by atoms with Gasteiger partial charge in [0.05, 0.1) is 0 Å². The topological polar surface area (TPSA) is 68.4 Å². The zero-order valence-electron chi connectivity index (χ0n) is 10.1. The summed E-state index contributed by atoms with van der Waals surface area (Å²) in [6.07, 6.45) is 1.90. The molecule has 3 rings (SSSR count). The molecule has 5 nitrogen and oxygen atoms in total. The summed E-state index contributed by atoms with van der Waals surface area (Å²) >= 11 is 0. The first kappa shape index (κ1) is 11.2. The van der Waals surface area contributed by atoms with E-state index in [2.05, 4.69) is 10.1 Å². The molecule has 0 radical (unpaired) electrons. The van der Waals surface area contributed by atoms with Gasteiger partial charge in [0, 0.05) is 12.2 Å². The Kier molecular flexibility index (Phi) is 2.56. The van der Waals surface area contributed by atoms with Crippen LogP contribution in [0, 0.1) is 0 Å². The monoisotopic (exact) mass is 246 g/mol. The largest absolute Gasteiger partial charge is 0.508 e. The molecule has 2 aromatic rings. The molecule has 1 N–H and O–H groups in total. The lowest BCUT2D eigenvalue weighted by Gasteiger charge is -2.16. The summed E-state index contributed by atoms with van der Waals surface area (Å²) in [6, 6.07) is 6.70.